The Morgan fingerprint density at radius 2 is 1.81 bits per heavy atom. The van der Waals surface area contributed by atoms with Gasteiger partial charge in [0.1, 0.15) is 0 Å². The molecule has 2 rings (SSSR count). The van der Waals surface area contributed by atoms with E-state index in [4.69, 9.17) is 5.73 Å². The van der Waals surface area contributed by atoms with E-state index in [9.17, 15) is 13.9 Å². The molecule has 0 radical (unpaired) electrons. The van der Waals surface area contributed by atoms with Crippen molar-refractivity contribution in [3.8, 4) is 0 Å². The highest BCUT2D eigenvalue weighted by Crippen LogP contribution is 2.31. The van der Waals surface area contributed by atoms with Crippen molar-refractivity contribution in [3.63, 3.8) is 0 Å². The maximum atomic E-state index is 13.9. The largest absolute Gasteiger partial charge is 0.395 e. The molecule has 0 heterocycles. The highest BCUT2D eigenvalue weighted by atomic mass is 19.2. The molecule has 0 aliphatic rings. The van der Waals surface area contributed by atoms with Gasteiger partial charge in [-0.15, -0.1) is 0 Å². The van der Waals surface area contributed by atoms with Gasteiger partial charge in [0.25, 0.3) is 0 Å². The second-order valence-electron chi connectivity index (χ2n) is 5.35. The number of aliphatic hydroxyl groups excluding tert-OH is 1. The van der Waals surface area contributed by atoms with Gasteiger partial charge in [-0.3, -0.25) is 0 Å². The molecule has 3 N–H and O–H groups in total. The SMILES string of the molecule is Cc1ccccc1C(CN)(CO)Cc1cccc(F)c1F. The molecule has 2 aromatic carbocycles. The van der Waals surface area contributed by atoms with Gasteiger partial charge in [0.2, 0.25) is 0 Å². The zero-order chi connectivity index (χ0) is 15.5. The van der Waals surface area contributed by atoms with E-state index in [1.165, 1.54) is 12.1 Å². The van der Waals surface area contributed by atoms with E-state index in [-0.39, 0.29) is 25.1 Å². The lowest BCUT2D eigenvalue weighted by molar-refractivity contribution is 0.194. The van der Waals surface area contributed by atoms with Crippen molar-refractivity contribution < 1.29 is 13.9 Å². The maximum absolute atomic E-state index is 13.9. The summed E-state index contributed by atoms with van der Waals surface area (Å²) in [6, 6.07) is 11.6. The first-order valence-electron chi connectivity index (χ1n) is 6.84. The lowest BCUT2D eigenvalue weighted by atomic mass is 9.74. The van der Waals surface area contributed by atoms with Gasteiger partial charge in [0, 0.05) is 12.0 Å². The molecule has 112 valence electrons. The quantitative estimate of drug-likeness (QED) is 0.889. The summed E-state index contributed by atoms with van der Waals surface area (Å²) in [5.41, 5.74) is 7.11. The van der Waals surface area contributed by atoms with Gasteiger partial charge >= 0.3 is 0 Å². The van der Waals surface area contributed by atoms with Crippen molar-refractivity contribution in [3.05, 3.63) is 70.8 Å². The van der Waals surface area contributed by atoms with Crippen molar-refractivity contribution in [1.29, 1.82) is 0 Å². The van der Waals surface area contributed by atoms with Crippen LogP contribution in [0.1, 0.15) is 16.7 Å². The third-order valence-corrected chi connectivity index (χ3v) is 3.97. The summed E-state index contributed by atoms with van der Waals surface area (Å²) >= 11 is 0. The predicted molar refractivity (Wildman–Crippen MR) is 79.1 cm³/mol. The van der Waals surface area contributed by atoms with Gasteiger partial charge in [0.05, 0.1) is 6.61 Å². The van der Waals surface area contributed by atoms with Crippen molar-refractivity contribution in [2.45, 2.75) is 18.8 Å². The number of hydrogen-bond acceptors (Lipinski definition) is 2. The van der Waals surface area contributed by atoms with Crippen LogP contribution in [0.15, 0.2) is 42.5 Å². The van der Waals surface area contributed by atoms with Crippen LogP contribution < -0.4 is 5.73 Å². The summed E-state index contributed by atoms with van der Waals surface area (Å²) in [5.74, 6) is -1.77. The lowest BCUT2D eigenvalue weighted by Gasteiger charge is -2.33. The third-order valence-electron chi connectivity index (χ3n) is 3.97. The topological polar surface area (TPSA) is 46.2 Å². The third kappa shape index (κ3) is 2.96. The van der Waals surface area contributed by atoms with Gasteiger partial charge in [-0.05, 0) is 36.1 Å². The Kier molecular flexibility index (Phi) is 4.70. The molecule has 2 nitrogen and oxygen atoms in total. The standard InChI is InChI=1S/C17H19F2NO/c1-12-5-2-3-7-14(12)17(10-20,11-21)9-13-6-4-8-15(18)16(13)19/h2-8,21H,9-11,20H2,1H3. The Bertz CT molecular complexity index is 624. The van der Waals surface area contributed by atoms with E-state index in [0.29, 0.717) is 0 Å². The predicted octanol–water partition coefficient (Wildman–Crippen LogP) is 2.70. The first kappa shape index (κ1) is 15.6. The molecule has 0 amide bonds. The molecule has 0 aliphatic carbocycles. The minimum absolute atomic E-state index is 0.143. The number of benzene rings is 2. The Morgan fingerprint density at radius 3 is 2.43 bits per heavy atom. The van der Waals surface area contributed by atoms with Crippen LogP contribution in [0.2, 0.25) is 0 Å². The second kappa shape index (κ2) is 6.33. The van der Waals surface area contributed by atoms with Gasteiger partial charge in [0.15, 0.2) is 11.6 Å². The van der Waals surface area contributed by atoms with E-state index >= 15 is 0 Å². The highest BCUT2D eigenvalue weighted by Gasteiger charge is 2.33. The van der Waals surface area contributed by atoms with Gasteiger partial charge in [-0.25, -0.2) is 8.78 Å². The van der Waals surface area contributed by atoms with E-state index < -0.39 is 17.0 Å². The zero-order valence-corrected chi connectivity index (χ0v) is 11.9. The first-order valence-corrected chi connectivity index (χ1v) is 6.84. The van der Waals surface area contributed by atoms with Crippen LogP contribution >= 0.6 is 0 Å². The highest BCUT2D eigenvalue weighted by molar-refractivity contribution is 5.37. The summed E-state index contributed by atoms with van der Waals surface area (Å²) in [6.07, 6.45) is 0.147. The molecule has 0 saturated carbocycles. The molecule has 0 spiro atoms. The van der Waals surface area contributed by atoms with Crippen LogP contribution in [0, 0.1) is 18.6 Å². The summed E-state index contributed by atoms with van der Waals surface area (Å²) in [7, 11) is 0. The summed E-state index contributed by atoms with van der Waals surface area (Å²) in [4.78, 5) is 0. The molecule has 1 atom stereocenters. The van der Waals surface area contributed by atoms with Gasteiger partial charge < -0.3 is 10.8 Å². The lowest BCUT2D eigenvalue weighted by Crippen LogP contribution is -2.41. The molecule has 1 unspecified atom stereocenters. The normalized spacial score (nSPS) is 14.0. The van der Waals surface area contributed by atoms with Crippen LogP contribution in [0.5, 0.6) is 0 Å². The fraction of sp³-hybridized carbons (Fsp3) is 0.294. The van der Waals surface area contributed by atoms with Crippen LogP contribution in [-0.4, -0.2) is 18.3 Å². The molecule has 0 saturated heterocycles. The molecular formula is C17H19F2NO. The second-order valence-corrected chi connectivity index (χ2v) is 5.35. The number of nitrogens with two attached hydrogens (primary N) is 1. The van der Waals surface area contributed by atoms with Crippen molar-refractivity contribution in [2.24, 2.45) is 5.73 Å². The summed E-state index contributed by atoms with van der Waals surface area (Å²) < 4.78 is 27.3. The van der Waals surface area contributed by atoms with Crippen molar-refractivity contribution in [1.82, 2.24) is 0 Å². The molecule has 0 fully saturated rings. The first-order chi connectivity index (χ1) is 10.0. The Hall–Kier alpha value is -1.78. The minimum atomic E-state index is -0.888. The van der Waals surface area contributed by atoms with Crippen LogP contribution in [0.4, 0.5) is 8.78 Å². The fourth-order valence-corrected chi connectivity index (χ4v) is 2.70. The van der Waals surface area contributed by atoms with E-state index in [1.54, 1.807) is 0 Å². The molecule has 21 heavy (non-hydrogen) atoms. The molecule has 0 bridgehead atoms. The van der Waals surface area contributed by atoms with E-state index in [2.05, 4.69) is 0 Å². The monoisotopic (exact) mass is 291 g/mol. The Labute approximate surface area is 123 Å². The molecular weight excluding hydrogens is 272 g/mol. The van der Waals surface area contributed by atoms with Crippen LogP contribution in [0.3, 0.4) is 0 Å². The van der Waals surface area contributed by atoms with E-state index in [1.807, 2.05) is 31.2 Å². The Balaban J connectivity index is 2.49. The minimum Gasteiger partial charge on any atom is -0.395 e. The van der Waals surface area contributed by atoms with Gasteiger partial charge in [-0.2, -0.15) is 0 Å². The summed E-state index contributed by atoms with van der Waals surface area (Å²) in [5, 5.41) is 9.88. The average Bonchev–Trinajstić information content (AvgIpc) is 2.50. The summed E-state index contributed by atoms with van der Waals surface area (Å²) in [6.45, 7) is 1.83. The van der Waals surface area contributed by atoms with Crippen molar-refractivity contribution in [2.75, 3.05) is 13.2 Å². The number of aryl methyl sites for hydroxylation is 1. The zero-order valence-electron chi connectivity index (χ0n) is 11.9. The Morgan fingerprint density at radius 1 is 1.10 bits per heavy atom. The van der Waals surface area contributed by atoms with Gasteiger partial charge in [-0.1, -0.05) is 36.4 Å². The smallest absolute Gasteiger partial charge is 0.162 e. The number of rotatable bonds is 5. The fourth-order valence-electron chi connectivity index (χ4n) is 2.70. The van der Waals surface area contributed by atoms with Crippen molar-refractivity contribution >= 4 is 0 Å². The van der Waals surface area contributed by atoms with Crippen LogP contribution in [-0.2, 0) is 11.8 Å². The number of aliphatic hydroxyl groups is 1. The molecule has 0 aliphatic heterocycles. The van der Waals surface area contributed by atoms with Crippen LogP contribution in [0.25, 0.3) is 0 Å². The molecule has 2 aromatic rings. The molecule has 0 aromatic heterocycles. The maximum Gasteiger partial charge on any atom is 0.162 e. The van der Waals surface area contributed by atoms with E-state index in [0.717, 1.165) is 17.2 Å². The average molecular weight is 291 g/mol. The number of hydrogen-bond donors (Lipinski definition) is 2. The molecule has 4 heteroatoms. The number of halogens is 2.